The third kappa shape index (κ3) is 1.69. The molecule has 0 fully saturated rings. The predicted molar refractivity (Wildman–Crippen MR) is 80.3 cm³/mol. The van der Waals surface area contributed by atoms with E-state index in [1.54, 1.807) is 24.3 Å². The maximum atomic E-state index is 12.3. The maximum Gasteiger partial charge on any atom is 0.275 e. The van der Waals surface area contributed by atoms with Crippen LogP contribution in [0.2, 0.25) is 0 Å². The first-order valence-corrected chi connectivity index (χ1v) is 6.43. The number of hydrogen-bond acceptors (Lipinski definition) is 3. The van der Waals surface area contributed by atoms with Crippen LogP contribution in [0.3, 0.4) is 0 Å². The van der Waals surface area contributed by atoms with Gasteiger partial charge < -0.3 is 4.98 Å². The molecule has 0 saturated carbocycles. The van der Waals surface area contributed by atoms with Gasteiger partial charge in [0.25, 0.3) is 11.1 Å². The van der Waals surface area contributed by atoms with Gasteiger partial charge in [-0.2, -0.15) is 0 Å². The Balaban J connectivity index is 2.11. The Bertz CT molecular complexity index is 1090. The number of benzene rings is 2. The molecule has 2 heterocycles. The highest BCUT2D eigenvalue weighted by Gasteiger charge is 2.13. The summed E-state index contributed by atoms with van der Waals surface area (Å²) in [6.45, 7) is 0. The molecule has 6 nitrogen and oxygen atoms in total. The summed E-state index contributed by atoms with van der Waals surface area (Å²) in [5.41, 5.74) is 2.33. The summed E-state index contributed by atoms with van der Waals surface area (Å²) < 4.78 is 0. The fraction of sp³-hybridized carbons (Fsp3) is 0. The summed E-state index contributed by atoms with van der Waals surface area (Å²) in [6, 6.07) is 12.5. The summed E-state index contributed by atoms with van der Waals surface area (Å²) in [4.78, 5) is 31.2. The number of H-pyrrole nitrogens is 3. The minimum Gasteiger partial charge on any atom is -0.319 e. The Labute approximate surface area is 117 Å². The van der Waals surface area contributed by atoms with Gasteiger partial charge >= 0.3 is 0 Å². The zero-order valence-electron chi connectivity index (χ0n) is 10.8. The van der Waals surface area contributed by atoms with E-state index < -0.39 is 0 Å². The predicted octanol–water partition coefficient (Wildman–Crippen LogP) is 1.76. The van der Waals surface area contributed by atoms with Crippen molar-refractivity contribution in [2.45, 2.75) is 0 Å². The highest BCUT2D eigenvalue weighted by atomic mass is 16.1. The Kier molecular flexibility index (Phi) is 2.32. The lowest BCUT2D eigenvalue weighted by Gasteiger charge is -2.03. The van der Waals surface area contributed by atoms with E-state index in [1.807, 2.05) is 18.2 Å². The van der Waals surface area contributed by atoms with E-state index in [1.165, 1.54) is 0 Å². The Morgan fingerprint density at radius 3 is 2.62 bits per heavy atom. The van der Waals surface area contributed by atoms with Crippen LogP contribution in [-0.4, -0.2) is 20.2 Å². The van der Waals surface area contributed by atoms with Crippen LogP contribution in [0.4, 0.5) is 0 Å². The van der Waals surface area contributed by atoms with Crippen LogP contribution in [0, 0.1) is 0 Å². The van der Waals surface area contributed by atoms with Crippen molar-refractivity contribution in [1.29, 1.82) is 0 Å². The Morgan fingerprint density at radius 1 is 0.857 bits per heavy atom. The molecule has 0 radical (unpaired) electrons. The average Bonchev–Trinajstić information content (AvgIpc) is 2.88. The van der Waals surface area contributed by atoms with Gasteiger partial charge in [-0.25, -0.2) is 4.98 Å². The number of nitrogens with one attached hydrogen (secondary N) is 3. The molecule has 21 heavy (non-hydrogen) atoms. The van der Waals surface area contributed by atoms with Crippen molar-refractivity contribution in [3.63, 3.8) is 0 Å². The molecule has 0 atom stereocenters. The molecule has 3 N–H and O–H groups in total. The second-order valence-corrected chi connectivity index (χ2v) is 4.74. The van der Waals surface area contributed by atoms with Crippen molar-refractivity contribution in [1.82, 2.24) is 20.2 Å². The van der Waals surface area contributed by atoms with Crippen LogP contribution in [0.5, 0.6) is 0 Å². The second-order valence-electron chi connectivity index (χ2n) is 4.74. The first-order chi connectivity index (χ1) is 10.2. The molecule has 102 valence electrons. The smallest absolute Gasteiger partial charge is 0.275 e. The maximum absolute atomic E-state index is 12.3. The summed E-state index contributed by atoms with van der Waals surface area (Å²) in [6.07, 6.45) is 0. The molecule has 0 aliphatic carbocycles. The van der Waals surface area contributed by atoms with Crippen molar-refractivity contribution < 1.29 is 0 Å². The molecule has 2 aromatic carbocycles. The number of nitrogens with zero attached hydrogens (tertiary/aromatic N) is 1. The average molecular weight is 278 g/mol. The summed E-state index contributed by atoms with van der Waals surface area (Å²) in [7, 11) is 0. The Hall–Kier alpha value is -3.15. The van der Waals surface area contributed by atoms with Gasteiger partial charge in [-0.1, -0.05) is 24.3 Å². The van der Waals surface area contributed by atoms with Gasteiger partial charge in [-0.15, -0.1) is 0 Å². The third-order valence-corrected chi connectivity index (χ3v) is 3.46. The van der Waals surface area contributed by atoms with Crippen molar-refractivity contribution in [2.24, 2.45) is 0 Å². The van der Waals surface area contributed by atoms with Gasteiger partial charge in [0, 0.05) is 5.56 Å². The largest absolute Gasteiger partial charge is 0.319 e. The molecular formula is C15H10N4O2. The molecule has 6 heteroatoms. The van der Waals surface area contributed by atoms with Crippen LogP contribution >= 0.6 is 0 Å². The molecule has 2 aromatic heterocycles. The van der Waals surface area contributed by atoms with Crippen molar-refractivity contribution >= 4 is 21.9 Å². The molecule has 4 rings (SSSR count). The normalized spacial score (nSPS) is 11.2. The van der Waals surface area contributed by atoms with Crippen molar-refractivity contribution in [2.75, 3.05) is 0 Å². The molecule has 0 aliphatic rings. The molecule has 0 aliphatic heterocycles. The SMILES string of the molecule is O=c1[nH]c2ccccc2nc1-c1cccc2c(=O)[nH][nH]c12. The molecule has 4 aromatic rings. The zero-order chi connectivity index (χ0) is 14.4. The quantitative estimate of drug-likeness (QED) is 0.495. The molecular weight excluding hydrogens is 268 g/mol. The number of aromatic amines is 3. The van der Waals surface area contributed by atoms with E-state index in [0.717, 1.165) is 0 Å². The minimum atomic E-state index is -0.289. The lowest BCUT2D eigenvalue weighted by atomic mass is 10.1. The number of fused-ring (bicyclic) bond motifs is 2. The number of para-hydroxylation sites is 3. The van der Waals surface area contributed by atoms with Gasteiger partial charge in [-0.3, -0.25) is 19.8 Å². The van der Waals surface area contributed by atoms with E-state index in [4.69, 9.17) is 0 Å². The Morgan fingerprint density at radius 2 is 1.71 bits per heavy atom. The molecule has 0 spiro atoms. The van der Waals surface area contributed by atoms with Crippen LogP contribution < -0.4 is 11.1 Å². The fourth-order valence-electron chi connectivity index (χ4n) is 2.47. The minimum absolute atomic E-state index is 0.218. The van der Waals surface area contributed by atoms with Gasteiger partial charge in [0.1, 0.15) is 5.69 Å². The van der Waals surface area contributed by atoms with E-state index in [-0.39, 0.29) is 16.8 Å². The van der Waals surface area contributed by atoms with E-state index in [2.05, 4.69) is 20.2 Å². The summed E-state index contributed by atoms with van der Waals surface area (Å²) >= 11 is 0. The number of hydrogen-bond donors (Lipinski definition) is 3. The van der Waals surface area contributed by atoms with Gasteiger partial charge in [0.2, 0.25) is 0 Å². The lowest BCUT2D eigenvalue weighted by molar-refractivity contribution is 1.08. The van der Waals surface area contributed by atoms with E-state index in [9.17, 15) is 9.59 Å². The molecule has 0 amide bonds. The fourth-order valence-corrected chi connectivity index (χ4v) is 2.47. The third-order valence-electron chi connectivity index (χ3n) is 3.46. The molecule has 0 bridgehead atoms. The first-order valence-electron chi connectivity index (χ1n) is 6.43. The number of rotatable bonds is 1. The van der Waals surface area contributed by atoms with Crippen molar-refractivity contribution in [3.05, 3.63) is 63.2 Å². The van der Waals surface area contributed by atoms with Crippen LogP contribution in [0.15, 0.2) is 52.1 Å². The highest BCUT2D eigenvalue weighted by molar-refractivity contribution is 5.93. The number of aromatic nitrogens is 4. The lowest BCUT2D eigenvalue weighted by Crippen LogP contribution is -2.11. The van der Waals surface area contributed by atoms with Crippen molar-refractivity contribution in [3.8, 4) is 11.3 Å². The zero-order valence-corrected chi connectivity index (χ0v) is 10.8. The van der Waals surface area contributed by atoms with Gasteiger partial charge in [0.15, 0.2) is 0 Å². The van der Waals surface area contributed by atoms with E-state index >= 15 is 0 Å². The monoisotopic (exact) mass is 278 g/mol. The topological polar surface area (TPSA) is 94.4 Å². The highest BCUT2D eigenvalue weighted by Crippen LogP contribution is 2.22. The summed E-state index contributed by atoms with van der Waals surface area (Å²) in [5.74, 6) is 0. The molecule has 0 unspecified atom stereocenters. The standard InChI is InChI=1S/C15H10N4O2/c20-14-9-5-3-4-8(12(9)18-19-14)13-15(21)17-11-7-2-1-6-10(11)16-13/h1-7H,(H,17,21)(H2,18,19,20). The van der Waals surface area contributed by atoms with E-state index in [0.29, 0.717) is 27.5 Å². The van der Waals surface area contributed by atoms with Gasteiger partial charge in [-0.05, 0) is 18.2 Å². The molecule has 0 saturated heterocycles. The van der Waals surface area contributed by atoms with Crippen LogP contribution in [-0.2, 0) is 0 Å². The summed E-state index contributed by atoms with van der Waals surface area (Å²) in [5, 5.41) is 5.82. The second kappa shape index (κ2) is 4.17. The first kappa shape index (κ1) is 11.7. The van der Waals surface area contributed by atoms with Gasteiger partial charge in [0.05, 0.1) is 21.9 Å². The van der Waals surface area contributed by atoms with Crippen LogP contribution in [0.25, 0.3) is 33.2 Å². The van der Waals surface area contributed by atoms with Crippen LogP contribution in [0.1, 0.15) is 0 Å².